The SMILES string of the molecule is O=C1[C@H](NC(=O)N2CCC[C@H]3CCC[C@@H]32)CCN1CC(F)(F)F. The van der Waals surface area contributed by atoms with Gasteiger partial charge in [0.2, 0.25) is 5.91 Å². The monoisotopic (exact) mass is 333 g/mol. The second kappa shape index (κ2) is 6.20. The minimum atomic E-state index is -4.40. The molecule has 130 valence electrons. The van der Waals surface area contributed by atoms with Crippen LogP contribution in [0.3, 0.4) is 0 Å². The fraction of sp³-hybridized carbons (Fsp3) is 0.867. The average molecular weight is 333 g/mol. The predicted molar refractivity (Wildman–Crippen MR) is 76.6 cm³/mol. The zero-order valence-electron chi connectivity index (χ0n) is 12.9. The van der Waals surface area contributed by atoms with Crippen LogP contribution >= 0.6 is 0 Å². The van der Waals surface area contributed by atoms with Crippen LogP contribution in [0.2, 0.25) is 0 Å². The number of halogens is 3. The van der Waals surface area contributed by atoms with Crippen LogP contribution in [0, 0.1) is 5.92 Å². The summed E-state index contributed by atoms with van der Waals surface area (Å²) in [6.07, 6.45) is 1.15. The van der Waals surface area contributed by atoms with E-state index in [0.717, 1.165) is 37.0 Å². The highest BCUT2D eigenvalue weighted by molar-refractivity contribution is 5.88. The summed E-state index contributed by atoms with van der Waals surface area (Å²) < 4.78 is 37.3. The summed E-state index contributed by atoms with van der Waals surface area (Å²) in [6.45, 7) is -0.540. The molecule has 0 aromatic carbocycles. The van der Waals surface area contributed by atoms with E-state index in [9.17, 15) is 22.8 Å². The molecule has 8 heteroatoms. The molecule has 3 aliphatic rings. The molecule has 1 N–H and O–H groups in total. The Labute approximate surface area is 133 Å². The molecule has 5 nitrogen and oxygen atoms in total. The van der Waals surface area contributed by atoms with Gasteiger partial charge in [-0.25, -0.2) is 4.79 Å². The topological polar surface area (TPSA) is 52.7 Å². The van der Waals surface area contributed by atoms with E-state index in [1.54, 1.807) is 4.90 Å². The Hall–Kier alpha value is -1.47. The van der Waals surface area contributed by atoms with E-state index in [0.29, 0.717) is 12.5 Å². The van der Waals surface area contributed by atoms with Crippen molar-refractivity contribution in [3.63, 3.8) is 0 Å². The van der Waals surface area contributed by atoms with Gasteiger partial charge in [0.25, 0.3) is 0 Å². The Balaban J connectivity index is 1.57. The van der Waals surface area contributed by atoms with Crippen LogP contribution in [0.4, 0.5) is 18.0 Å². The molecular formula is C15H22F3N3O2. The number of carbonyl (C=O) groups excluding carboxylic acids is 2. The molecule has 0 spiro atoms. The molecule has 1 aliphatic carbocycles. The van der Waals surface area contributed by atoms with E-state index < -0.39 is 24.7 Å². The standard InChI is InChI=1S/C15H22F3N3O2/c16-15(17,18)9-20-8-6-11(13(20)22)19-14(23)21-7-2-4-10-3-1-5-12(10)21/h10-12H,1-9H2,(H,19,23)/t10-,11-,12+/m1/s1. The fourth-order valence-corrected chi connectivity index (χ4v) is 4.18. The van der Waals surface area contributed by atoms with Crippen molar-refractivity contribution in [1.29, 1.82) is 0 Å². The second-order valence-electron chi connectivity index (χ2n) is 6.76. The minimum absolute atomic E-state index is 0.0370. The summed E-state index contributed by atoms with van der Waals surface area (Å²) in [6, 6.07) is -0.896. The van der Waals surface area contributed by atoms with Crippen LogP contribution in [0.1, 0.15) is 38.5 Å². The molecule has 0 radical (unpaired) electrons. The maximum absolute atomic E-state index is 12.5. The first kappa shape index (κ1) is 16.4. The summed E-state index contributed by atoms with van der Waals surface area (Å²) in [5.41, 5.74) is 0. The van der Waals surface area contributed by atoms with Gasteiger partial charge in [-0.15, -0.1) is 0 Å². The highest BCUT2D eigenvalue weighted by atomic mass is 19.4. The maximum Gasteiger partial charge on any atom is 0.406 e. The second-order valence-corrected chi connectivity index (χ2v) is 6.76. The number of fused-ring (bicyclic) bond motifs is 1. The first-order valence-electron chi connectivity index (χ1n) is 8.28. The number of nitrogens with one attached hydrogen (secondary N) is 1. The third kappa shape index (κ3) is 3.55. The first-order valence-corrected chi connectivity index (χ1v) is 8.28. The van der Waals surface area contributed by atoms with E-state index in [4.69, 9.17) is 0 Å². The van der Waals surface area contributed by atoms with Gasteiger partial charge in [0.05, 0.1) is 0 Å². The van der Waals surface area contributed by atoms with Crippen molar-refractivity contribution in [2.75, 3.05) is 19.6 Å². The summed E-state index contributed by atoms with van der Waals surface area (Å²) >= 11 is 0. The van der Waals surface area contributed by atoms with Crippen molar-refractivity contribution in [2.24, 2.45) is 5.92 Å². The van der Waals surface area contributed by atoms with Crippen LogP contribution in [-0.2, 0) is 4.79 Å². The molecule has 3 atom stereocenters. The van der Waals surface area contributed by atoms with Crippen LogP contribution in [0.15, 0.2) is 0 Å². The molecule has 0 bridgehead atoms. The molecule has 0 unspecified atom stereocenters. The quantitative estimate of drug-likeness (QED) is 0.842. The van der Waals surface area contributed by atoms with Crippen molar-refractivity contribution < 1.29 is 22.8 Å². The number of amides is 3. The maximum atomic E-state index is 12.5. The van der Waals surface area contributed by atoms with Gasteiger partial charge < -0.3 is 15.1 Å². The number of alkyl halides is 3. The lowest BCUT2D eigenvalue weighted by Crippen LogP contribution is -2.54. The number of hydrogen-bond donors (Lipinski definition) is 1. The van der Waals surface area contributed by atoms with Gasteiger partial charge in [0.1, 0.15) is 12.6 Å². The van der Waals surface area contributed by atoms with Crippen molar-refractivity contribution in [2.45, 2.75) is 56.8 Å². The number of carbonyl (C=O) groups is 2. The molecular weight excluding hydrogens is 311 g/mol. The van der Waals surface area contributed by atoms with Crippen molar-refractivity contribution in [1.82, 2.24) is 15.1 Å². The lowest BCUT2D eigenvalue weighted by Gasteiger charge is -2.38. The van der Waals surface area contributed by atoms with E-state index in [1.807, 2.05) is 0 Å². The molecule has 0 aromatic heterocycles. The number of hydrogen-bond acceptors (Lipinski definition) is 2. The summed E-state index contributed by atoms with van der Waals surface area (Å²) in [5.74, 6) is -0.0915. The highest BCUT2D eigenvalue weighted by Crippen LogP contribution is 2.36. The normalized spacial score (nSPS) is 31.4. The lowest BCUT2D eigenvalue weighted by molar-refractivity contribution is -0.157. The molecule has 3 fully saturated rings. The summed E-state index contributed by atoms with van der Waals surface area (Å²) in [5, 5.41) is 2.66. The smallest absolute Gasteiger partial charge is 0.332 e. The van der Waals surface area contributed by atoms with Crippen molar-refractivity contribution >= 4 is 11.9 Å². The van der Waals surface area contributed by atoms with Gasteiger partial charge in [-0.05, 0) is 38.0 Å². The van der Waals surface area contributed by atoms with E-state index in [-0.39, 0.29) is 25.0 Å². The molecule has 23 heavy (non-hydrogen) atoms. The highest BCUT2D eigenvalue weighted by Gasteiger charge is 2.42. The van der Waals surface area contributed by atoms with Crippen molar-refractivity contribution in [3.05, 3.63) is 0 Å². The number of piperidine rings is 1. The van der Waals surface area contributed by atoms with E-state index in [2.05, 4.69) is 5.32 Å². The molecule has 0 aromatic rings. The lowest BCUT2D eigenvalue weighted by atomic mass is 9.92. The Morgan fingerprint density at radius 1 is 1.13 bits per heavy atom. The summed E-state index contributed by atoms with van der Waals surface area (Å²) in [7, 11) is 0. The zero-order chi connectivity index (χ0) is 16.6. The number of likely N-dealkylation sites (tertiary alicyclic amines) is 2. The van der Waals surface area contributed by atoms with Gasteiger partial charge in [-0.3, -0.25) is 4.79 Å². The number of nitrogens with zero attached hydrogens (tertiary/aromatic N) is 2. The largest absolute Gasteiger partial charge is 0.406 e. The van der Waals surface area contributed by atoms with Crippen molar-refractivity contribution in [3.8, 4) is 0 Å². The Kier molecular flexibility index (Phi) is 4.42. The molecule has 2 saturated heterocycles. The summed E-state index contributed by atoms with van der Waals surface area (Å²) in [4.78, 5) is 27.0. The molecule has 2 heterocycles. The van der Waals surface area contributed by atoms with Gasteiger partial charge in [0.15, 0.2) is 0 Å². The fourth-order valence-electron chi connectivity index (χ4n) is 4.18. The minimum Gasteiger partial charge on any atom is -0.332 e. The Morgan fingerprint density at radius 2 is 1.87 bits per heavy atom. The molecule has 3 rings (SSSR count). The predicted octanol–water partition coefficient (Wildman–Crippen LogP) is 2.12. The van der Waals surface area contributed by atoms with Crippen LogP contribution in [0.5, 0.6) is 0 Å². The third-order valence-corrected chi connectivity index (χ3v) is 5.22. The third-order valence-electron chi connectivity index (χ3n) is 5.22. The molecule has 2 aliphatic heterocycles. The van der Waals surface area contributed by atoms with Gasteiger partial charge in [-0.2, -0.15) is 13.2 Å². The molecule has 1 saturated carbocycles. The first-order chi connectivity index (χ1) is 10.8. The van der Waals surface area contributed by atoms with E-state index in [1.165, 1.54) is 0 Å². The Morgan fingerprint density at radius 3 is 2.61 bits per heavy atom. The number of urea groups is 1. The van der Waals surface area contributed by atoms with Crippen LogP contribution in [-0.4, -0.2) is 59.6 Å². The van der Waals surface area contributed by atoms with Gasteiger partial charge in [0, 0.05) is 19.1 Å². The van der Waals surface area contributed by atoms with Crippen LogP contribution in [0.25, 0.3) is 0 Å². The average Bonchev–Trinajstić information content (AvgIpc) is 3.07. The van der Waals surface area contributed by atoms with Gasteiger partial charge in [-0.1, -0.05) is 6.42 Å². The van der Waals surface area contributed by atoms with Gasteiger partial charge >= 0.3 is 12.2 Å². The number of rotatable bonds is 2. The molecule has 3 amide bonds. The van der Waals surface area contributed by atoms with E-state index >= 15 is 0 Å². The van der Waals surface area contributed by atoms with Crippen LogP contribution < -0.4 is 5.32 Å². The zero-order valence-corrected chi connectivity index (χ0v) is 12.9. The Bertz CT molecular complexity index is 483.